The normalized spacial score (nSPS) is 13.5. The molecule has 1 amide bonds. The molecule has 1 fully saturated rings. The lowest BCUT2D eigenvalue weighted by atomic mass is 10.1. The van der Waals surface area contributed by atoms with Gasteiger partial charge in [-0.15, -0.1) is 0 Å². The van der Waals surface area contributed by atoms with Crippen molar-refractivity contribution in [2.75, 3.05) is 20.2 Å². The molecule has 28 heavy (non-hydrogen) atoms. The van der Waals surface area contributed by atoms with Gasteiger partial charge in [-0.05, 0) is 52.2 Å². The van der Waals surface area contributed by atoms with E-state index in [1.165, 1.54) is 0 Å². The first kappa shape index (κ1) is 19.0. The van der Waals surface area contributed by atoms with E-state index >= 15 is 0 Å². The zero-order valence-corrected chi connectivity index (χ0v) is 17.6. The molecule has 5 nitrogen and oxygen atoms in total. The summed E-state index contributed by atoms with van der Waals surface area (Å²) in [6.45, 7) is 1.72. The lowest BCUT2D eigenvalue weighted by Crippen LogP contribution is -2.44. The van der Waals surface area contributed by atoms with E-state index in [-0.39, 0.29) is 17.0 Å². The van der Waals surface area contributed by atoms with E-state index in [1.54, 1.807) is 34.8 Å². The molecule has 144 valence electrons. The van der Waals surface area contributed by atoms with Gasteiger partial charge >= 0.3 is 0 Å². The minimum atomic E-state index is -0.302. The van der Waals surface area contributed by atoms with Crippen molar-refractivity contribution >= 4 is 44.3 Å². The molecule has 0 N–H and O–H groups in total. The van der Waals surface area contributed by atoms with Crippen LogP contribution in [-0.4, -0.2) is 35.6 Å². The maximum Gasteiger partial charge on any atom is 0.264 e. The van der Waals surface area contributed by atoms with Crippen LogP contribution in [0.5, 0.6) is 5.75 Å². The van der Waals surface area contributed by atoms with Gasteiger partial charge in [0.05, 0.1) is 23.6 Å². The Kier molecular flexibility index (Phi) is 5.17. The second-order valence-corrected chi connectivity index (χ2v) is 8.06. The van der Waals surface area contributed by atoms with Crippen LogP contribution in [0.25, 0.3) is 10.9 Å². The average molecular weight is 462 g/mol. The van der Waals surface area contributed by atoms with Gasteiger partial charge in [-0.25, -0.2) is 0 Å². The zero-order valence-electron chi connectivity index (χ0n) is 15.2. The molecule has 1 aliphatic heterocycles. The molecule has 1 saturated heterocycles. The standard InChI is InChI=1S/C21H18BrClN2O3/c1-28-19-11-18-14(10-17(19)22)9-16(20(26)24-7-2-8-24)21(27)25(18)12-13-3-5-15(23)6-4-13/h3-6,9-11H,2,7-8,12H2,1H3. The molecule has 0 bridgehead atoms. The molecular weight excluding hydrogens is 444 g/mol. The summed E-state index contributed by atoms with van der Waals surface area (Å²) in [5.74, 6) is 0.411. The van der Waals surface area contributed by atoms with Crippen LogP contribution in [0.2, 0.25) is 5.02 Å². The molecule has 2 heterocycles. The highest BCUT2D eigenvalue weighted by atomic mass is 79.9. The molecule has 0 aliphatic carbocycles. The number of pyridine rings is 1. The van der Waals surface area contributed by atoms with Gasteiger partial charge in [0.1, 0.15) is 11.3 Å². The van der Waals surface area contributed by atoms with E-state index in [2.05, 4.69) is 15.9 Å². The van der Waals surface area contributed by atoms with Crippen molar-refractivity contribution in [3.05, 3.63) is 73.4 Å². The largest absolute Gasteiger partial charge is 0.495 e. The predicted octanol–water partition coefficient (Wildman–Crippen LogP) is 4.32. The van der Waals surface area contributed by atoms with Crippen molar-refractivity contribution in [3.63, 3.8) is 0 Å². The molecule has 3 aromatic rings. The number of methoxy groups -OCH3 is 1. The summed E-state index contributed by atoms with van der Waals surface area (Å²) < 4.78 is 7.79. The van der Waals surface area contributed by atoms with E-state index in [1.807, 2.05) is 24.3 Å². The Labute approximate surface area is 175 Å². The second-order valence-electron chi connectivity index (χ2n) is 6.77. The first-order valence-corrected chi connectivity index (χ1v) is 10.1. The highest BCUT2D eigenvalue weighted by Gasteiger charge is 2.25. The summed E-state index contributed by atoms with van der Waals surface area (Å²) in [6.07, 6.45) is 0.973. The molecule has 0 radical (unpaired) electrons. The third-order valence-electron chi connectivity index (χ3n) is 4.99. The van der Waals surface area contributed by atoms with Crippen molar-refractivity contribution in [1.82, 2.24) is 9.47 Å². The molecule has 0 unspecified atom stereocenters. The van der Waals surface area contributed by atoms with Crippen molar-refractivity contribution in [1.29, 1.82) is 0 Å². The smallest absolute Gasteiger partial charge is 0.264 e. The number of rotatable bonds is 4. The number of hydrogen-bond acceptors (Lipinski definition) is 3. The quantitative estimate of drug-likeness (QED) is 0.581. The second kappa shape index (κ2) is 7.60. The molecule has 1 aliphatic rings. The summed E-state index contributed by atoms with van der Waals surface area (Å²) >= 11 is 9.47. The molecular formula is C21H18BrClN2O3. The minimum Gasteiger partial charge on any atom is -0.495 e. The maximum atomic E-state index is 13.3. The van der Waals surface area contributed by atoms with E-state index in [0.717, 1.165) is 21.8 Å². The van der Waals surface area contributed by atoms with E-state index in [4.69, 9.17) is 16.3 Å². The number of fused-ring (bicyclic) bond motifs is 1. The highest BCUT2D eigenvalue weighted by Crippen LogP contribution is 2.30. The van der Waals surface area contributed by atoms with Gasteiger partial charge in [-0.2, -0.15) is 0 Å². The third-order valence-corrected chi connectivity index (χ3v) is 5.87. The molecule has 7 heteroatoms. The van der Waals surface area contributed by atoms with E-state index in [0.29, 0.717) is 35.9 Å². The molecule has 2 aromatic carbocycles. The number of carbonyl (C=O) groups is 1. The number of likely N-dealkylation sites (tertiary alicyclic amines) is 1. The Hall–Kier alpha value is -2.31. The minimum absolute atomic E-state index is 0.193. The average Bonchev–Trinajstić information content (AvgIpc) is 2.63. The van der Waals surface area contributed by atoms with E-state index < -0.39 is 0 Å². The van der Waals surface area contributed by atoms with Crippen LogP contribution >= 0.6 is 27.5 Å². The number of benzene rings is 2. The van der Waals surface area contributed by atoms with Crippen LogP contribution < -0.4 is 10.3 Å². The molecule has 4 rings (SSSR count). The topological polar surface area (TPSA) is 51.5 Å². The Morgan fingerprint density at radius 1 is 1.18 bits per heavy atom. The predicted molar refractivity (Wildman–Crippen MR) is 114 cm³/mol. The summed E-state index contributed by atoms with van der Waals surface area (Å²) in [7, 11) is 1.58. The molecule has 0 spiro atoms. The number of halogens is 2. The Morgan fingerprint density at radius 3 is 2.50 bits per heavy atom. The summed E-state index contributed by atoms with van der Waals surface area (Å²) in [5.41, 5.74) is 1.52. The molecule has 0 atom stereocenters. The van der Waals surface area contributed by atoms with Gasteiger partial charge in [-0.3, -0.25) is 9.59 Å². The SMILES string of the molecule is COc1cc2c(cc1Br)cc(C(=O)N1CCC1)c(=O)n2Cc1ccc(Cl)cc1. The lowest BCUT2D eigenvalue weighted by molar-refractivity contribution is 0.0649. The van der Waals surface area contributed by atoms with Gasteiger partial charge in [-0.1, -0.05) is 23.7 Å². The number of aromatic nitrogens is 1. The summed E-state index contributed by atoms with van der Waals surface area (Å²) in [6, 6.07) is 12.7. The van der Waals surface area contributed by atoms with E-state index in [9.17, 15) is 9.59 Å². The van der Waals surface area contributed by atoms with Crippen molar-refractivity contribution in [2.24, 2.45) is 0 Å². The van der Waals surface area contributed by atoms with Gasteiger partial charge in [0.15, 0.2) is 0 Å². The van der Waals surface area contributed by atoms with Crippen LogP contribution in [0, 0.1) is 0 Å². The van der Waals surface area contributed by atoms with Crippen LogP contribution in [0.4, 0.5) is 0 Å². The van der Waals surface area contributed by atoms with Crippen molar-refractivity contribution < 1.29 is 9.53 Å². The van der Waals surface area contributed by atoms with Crippen LogP contribution in [0.15, 0.2) is 51.7 Å². The number of hydrogen-bond donors (Lipinski definition) is 0. The summed E-state index contributed by atoms with van der Waals surface area (Å²) in [5, 5.41) is 1.43. The van der Waals surface area contributed by atoms with Crippen LogP contribution in [0.1, 0.15) is 22.3 Å². The zero-order chi connectivity index (χ0) is 19.8. The number of nitrogens with zero attached hydrogens (tertiary/aromatic N) is 2. The fourth-order valence-electron chi connectivity index (χ4n) is 3.31. The highest BCUT2D eigenvalue weighted by molar-refractivity contribution is 9.10. The summed E-state index contributed by atoms with van der Waals surface area (Å²) in [4.78, 5) is 27.8. The number of ether oxygens (including phenoxy) is 1. The van der Waals surface area contributed by atoms with Crippen LogP contribution in [-0.2, 0) is 6.54 Å². The first-order chi connectivity index (χ1) is 13.5. The van der Waals surface area contributed by atoms with Gasteiger partial charge in [0.2, 0.25) is 0 Å². The lowest BCUT2D eigenvalue weighted by Gasteiger charge is -2.31. The number of amides is 1. The molecule has 1 aromatic heterocycles. The van der Waals surface area contributed by atoms with Crippen molar-refractivity contribution in [3.8, 4) is 5.75 Å². The van der Waals surface area contributed by atoms with Crippen LogP contribution in [0.3, 0.4) is 0 Å². The maximum absolute atomic E-state index is 13.3. The van der Waals surface area contributed by atoms with Crippen molar-refractivity contribution in [2.45, 2.75) is 13.0 Å². The monoisotopic (exact) mass is 460 g/mol. The first-order valence-electron chi connectivity index (χ1n) is 8.93. The Balaban J connectivity index is 1.92. The Bertz CT molecular complexity index is 1120. The van der Waals surface area contributed by atoms with Gasteiger partial charge in [0, 0.05) is 29.6 Å². The van der Waals surface area contributed by atoms with Gasteiger partial charge < -0.3 is 14.2 Å². The Morgan fingerprint density at radius 2 is 1.89 bits per heavy atom. The fourth-order valence-corrected chi connectivity index (χ4v) is 3.96. The fraction of sp³-hybridized carbons (Fsp3) is 0.238. The molecule has 0 saturated carbocycles. The number of carbonyl (C=O) groups excluding carboxylic acids is 1. The van der Waals surface area contributed by atoms with Gasteiger partial charge in [0.25, 0.3) is 11.5 Å². The third kappa shape index (κ3) is 3.42.